The van der Waals surface area contributed by atoms with Gasteiger partial charge >= 0.3 is 0 Å². The average molecular weight is 286 g/mol. The maximum atomic E-state index is 13.7. The van der Waals surface area contributed by atoms with Crippen LogP contribution < -0.4 is 11.5 Å². The monoisotopic (exact) mass is 285 g/mol. The Kier molecular flexibility index (Phi) is 3.71. The maximum Gasteiger partial charge on any atom is 0.128 e. The van der Waals surface area contributed by atoms with Crippen LogP contribution in [0.25, 0.3) is 0 Å². The van der Waals surface area contributed by atoms with Gasteiger partial charge in [0.1, 0.15) is 11.6 Å². The molecule has 1 atom stereocenters. The lowest BCUT2D eigenvalue weighted by molar-refractivity contribution is 0.600. The van der Waals surface area contributed by atoms with Crippen LogP contribution >= 0.6 is 23.2 Å². The number of aromatic nitrogens is 1. The first kappa shape index (κ1) is 13.1. The molecule has 0 aliphatic rings. The van der Waals surface area contributed by atoms with Crippen LogP contribution in [0.1, 0.15) is 17.2 Å². The average Bonchev–Trinajstić information content (AvgIpc) is 2.34. The molecule has 0 saturated heterocycles. The van der Waals surface area contributed by atoms with Crippen molar-refractivity contribution in [2.45, 2.75) is 6.04 Å². The molecule has 3 nitrogen and oxygen atoms in total. The summed E-state index contributed by atoms with van der Waals surface area (Å²) in [5.74, 6) is -0.238. The van der Waals surface area contributed by atoms with E-state index in [1.165, 1.54) is 24.4 Å². The zero-order chi connectivity index (χ0) is 13.3. The largest absolute Gasteiger partial charge is 0.383 e. The van der Waals surface area contributed by atoms with Gasteiger partial charge in [-0.15, -0.1) is 0 Å². The Hall–Kier alpha value is -1.36. The quantitative estimate of drug-likeness (QED) is 0.891. The summed E-state index contributed by atoms with van der Waals surface area (Å²) in [4.78, 5) is 3.89. The van der Waals surface area contributed by atoms with E-state index in [1.807, 2.05) is 0 Å². The molecule has 94 valence electrons. The molecule has 4 N–H and O–H groups in total. The molecular formula is C12H10Cl2FN3. The molecule has 0 amide bonds. The number of rotatable bonds is 2. The van der Waals surface area contributed by atoms with Crippen LogP contribution in [0.4, 0.5) is 10.2 Å². The maximum absolute atomic E-state index is 13.7. The Labute approximate surface area is 114 Å². The van der Waals surface area contributed by atoms with Crippen LogP contribution in [0, 0.1) is 5.82 Å². The molecule has 2 rings (SSSR count). The lowest BCUT2D eigenvalue weighted by Crippen LogP contribution is -2.16. The number of nitrogens with two attached hydrogens (primary N) is 2. The van der Waals surface area contributed by atoms with E-state index in [-0.39, 0.29) is 11.4 Å². The summed E-state index contributed by atoms with van der Waals surface area (Å²) >= 11 is 11.7. The van der Waals surface area contributed by atoms with E-state index in [1.54, 1.807) is 6.07 Å². The summed E-state index contributed by atoms with van der Waals surface area (Å²) in [6.07, 6.45) is 1.40. The molecule has 6 heteroatoms. The van der Waals surface area contributed by atoms with Crippen LogP contribution in [0.5, 0.6) is 0 Å². The highest BCUT2D eigenvalue weighted by Gasteiger charge is 2.17. The van der Waals surface area contributed by atoms with E-state index >= 15 is 0 Å². The van der Waals surface area contributed by atoms with Crippen molar-refractivity contribution in [1.29, 1.82) is 0 Å². The van der Waals surface area contributed by atoms with Crippen LogP contribution in [0.2, 0.25) is 10.0 Å². The second kappa shape index (κ2) is 5.10. The summed E-state index contributed by atoms with van der Waals surface area (Å²) in [7, 11) is 0. The first-order chi connectivity index (χ1) is 8.49. The van der Waals surface area contributed by atoms with E-state index in [9.17, 15) is 4.39 Å². The Morgan fingerprint density at radius 2 is 1.78 bits per heavy atom. The first-order valence-electron chi connectivity index (χ1n) is 5.10. The van der Waals surface area contributed by atoms with Crippen LogP contribution in [-0.2, 0) is 0 Å². The van der Waals surface area contributed by atoms with Crippen molar-refractivity contribution in [3.8, 4) is 0 Å². The van der Waals surface area contributed by atoms with E-state index < -0.39 is 11.9 Å². The van der Waals surface area contributed by atoms with E-state index in [0.717, 1.165) is 0 Å². The van der Waals surface area contributed by atoms with Gasteiger partial charge in [0.05, 0.1) is 11.1 Å². The summed E-state index contributed by atoms with van der Waals surface area (Å²) < 4.78 is 13.7. The van der Waals surface area contributed by atoms with Crippen molar-refractivity contribution >= 4 is 29.0 Å². The summed E-state index contributed by atoms with van der Waals surface area (Å²) in [5.41, 5.74) is 12.4. The minimum Gasteiger partial charge on any atom is -0.383 e. The molecule has 1 unspecified atom stereocenters. The Bertz CT molecular complexity index is 538. The van der Waals surface area contributed by atoms with Gasteiger partial charge in [0, 0.05) is 22.3 Å². The highest BCUT2D eigenvalue weighted by Crippen LogP contribution is 2.28. The predicted molar refractivity (Wildman–Crippen MR) is 71.1 cm³/mol. The fourth-order valence-corrected chi connectivity index (χ4v) is 1.98. The summed E-state index contributed by atoms with van der Waals surface area (Å²) in [6.45, 7) is 0. The van der Waals surface area contributed by atoms with Crippen LogP contribution in [-0.4, -0.2) is 4.98 Å². The second-order valence-electron chi connectivity index (χ2n) is 3.77. The molecule has 1 aromatic carbocycles. The van der Waals surface area contributed by atoms with Crippen molar-refractivity contribution in [3.63, 3.8) is 0 Å². The molecule has 0 radical (unpaired) electrons. The number of hydrogen-bond donors (Lipinski definition) is 2. The minimum absolute atomic E-state index is 0.214. The van der Waals surface area contributed by atoms with Gasteiger partial charge < -0.3 is 11.5 Å². The van der Waals surface area contributed by atoms with Gasteiger partial charge in [0.2, 0.25) is 0 Å². The number of hydrogen-bond acceptors (Lipinski definition) is 3. The lowest BCUT2D eigenvalue weighted by atomic mass is 10.00. The molecule has 1 aromatic heterocycles. The van der Waals surface area contributed by atoms with Crippen molar-refractivity contribution in [2.24, 2.45) is 5.73 Å². The lowest BCUT2D eigenvalue weighted by Gasteiger charge is -2.15. The van der Waals surface area contributed by atoms with E-state index in [4.69, 9.17) is 34.7 Å². The van der Waals surface area contributed by atoms with Crippen molar-refractivity contribution < 1.29 is 4.39 Å². The smallest absolute Gasteiger partial charge is 0.128 e. The normalized spacial score (nSPS) is 12.4. The van der Waals surface area contributed by atoms with Crippen molar-refractivity contribution in [1.82, 2.24) is 4.98 Å². The van der Waals surface area contributed by atoms with Gasteiger partial charge in [-0.1, -0.05) is 23.2 Å². The standard InChI is InChI=1S/C12H10Cl2FN3/c13-6-1-2-10(15)8(3-6)11(16)9-4-7(14)5-18-12(9)17/h1-5,11H,16H2,(H2,17,18). The molecule has 0 spiro atoms. The molecule has 0 saturated carbocycles. The number of halogens is 3. The van der Waals surface area contributed by atoms with Crippen molar-refractivity contribution in [2.75, 3.05) is 5.73 Å². The van der Waals surface area contributed by atoms with Gasteiger partial charge in [-0.05, 0) is 24.3 Å². The fourth-order valence-electron chi connectivity index (χ4n) is 1.64. The third-order valence-corrected chi connectivity index (χ3v) is 2.99. The second-order valence-corrected chi connectivity index (χ2v) is 4.64. The Morgan fingerprint density at radius 1 is 1.11 bits per heavy atom. The third-order valence-electron chi connectivity index (χ3n) is 2.54. The predicted octanol–water partition coefficient (Wildman–Crippen LogP) is 3.16. The fraction of sp³-hybridized carbons (Fsp3) is 0.0833. The Balaban J connectivity index is 2.50. The molecule has 0 fully saturated rings. The van der Waals surface area contributed by atoms with E-state index in [2.05, 4.69) is 4.98 Å². The van der Waals surface area contributed by atoms with Gasteiger partial charge in [-0.2, -0.15) is 0 Å². The molecule has 0 bridgehead atoms. The Morgan fingerprint density at radius 3 is 2.50 bits per heavy atom. The minimum atomic E-state index is -0.769. The first-order valence-corrected chi connectivity index (χ1v) is 5.86. The van der Waals surface area contributed by atoms with Gasteiger partial charge in [0.25, 0.3) is 0 Å². The highest BCUT2D eigenvalue weighted by molar-refractivity contribution is 6.31. The zero-order valence-electron chi connectivity index (χ0n) is 9.20. The number of benzene rings is 1. The van der Waals surface area contributed by atoms with Crippen LogP contribution in [0.15, 0.2) is 30.5 Å². The van der Waals surface area contributed by atoms with Crippen LogP contribution in [0.3, 0.4) is 0 Å². The molecule has 1 heterocycles. The van der Waals surface area contributed by atoms with Crippen molar-refractivity contribution in [3.05, 3.63) is 57.5 Å². The molecule has 0 aliphatic carbocycles. The topological polar surface area (TPSA) is 64.9 Å². The molecule has 2 aromatic rings. The molecular weight excluding hydrogens is 276 g/mol. The summed E-state index contributed by atoms with van der Waals surface area (Å²) in [5, 5.41) is 0.785. The third kappa shape index (κ3) is 2.56. The zero-order valence-corrected chi connectivity index (χ0v) is 10.7. The van der Waals surface area contributed by atoms with E-state index in [0.29, 0.717) is 15.6 Å². The highest BCUT2D eigenvalue weighted by atomic mass is 35.5. The molecule has 18 heavy (non-hydrogen) atoms. The number of nitrogens with zero attached hydrogens (tertiary/aromatic N) is 1. The number of pyridine rings is 1. The van der Waals surface area contributed by atoms with Gasteiger partial charge in [-0.3, -0.25) is 0 Å². The SMILES string of the molecule is Nc1ncc(Cl)cc1C(N)c1cc(Cl)ccc1F. The van der Waals surface area contributed by atoms with Gasteiger partial charge in [-0.25, -0.2) is 9.37 Å². The van der Waals surface area contributed by atoms with Gasteiger partial charge in [0.15, 0.2) is 0 Å². The molecule has 0 aliphatic heterocycles. The number of anilines is 1. The number of nitrogen functional groups attached to an aromatic ring is 1. The summed E-state index contributed by atoms with van der Waals surface area (Å²) in [6, 6.07) is 4.96.